The molecule has 5 nitrogen and oxygen atoms in total. The molecule has 0 atom stereocenters. The molecule has 0 unspecified atom stereocenters. The molecule has 114 valence electrons. The zero-order valence-electron chi connectivity index (χ0n) is 12.5. The van der Waals surface area contributed by atoms with Gasteiger partial charge in [0, 0.05) is 12.7 Å². The predicted octanol–water partition coefficient (Wildman–Crippen LogP) is 2.87. The van der Waals surface area contributed by atoms with Gasteiger partial charge in [-0.3, -0.25) is 4.79 Å². The van der Waals surface area contributed by atoms with Gasteiger partial charge in [0.25, 0.3) is 5.91 Å². The molecule has 2 aromatic rings. The van der Waals surface area contributed by atoms with Crippen LogP contribution >= 0.6 is 0 Å². The predicted molar refractivity (Wildman–Crippen MR) is 82.9 cm³/mol. The number of esters is 1. The van der Waals surface area contributed by atoms with Gasteiger partial charge in [-0.15, -0.1) is 0 Å². The van der Waals surface area contributed by atoms with Crippen molar-refractivity contribution >= 4 is 17.6 Å². The Morgan fingerprint density at radius 2 is 1.68 bits per heavy atom. The molecule has 0 bridgehead atoms. The van der Waals surface area contributed by atoms with Crippen LogP contribution < -0.4 is 5.32 Å². The van der Waals surface area contributed by atoms with Crippen LogP contribution in [0.1, 0.15) is 26.3 Å². The van der Waals surface area contributed by atoms with E-state index in [2.05, 4.69) is 5.32 Å². The van der Waals surface area contributed by atoms with Gasteiger partial charge in [0.15, 0.2) is 0 Å². The fourth-order valence-electron chi connectivity index (χ4n) is 1.99. The summed E-state index contributed by atoms with van der Waals surface area (Å²) < 4.78 is 9.73. The molecule has 0 saturated heterocycles. The fraction of sp³-hybridized carbons (Fsp3) is 0.176. The number of hydrogen-bond acceptors (Lipinski definition) is 4. The molecule has 2 aromatic carbocycles. The van der Waals surface area contributed by atoms with Gasteiger partial charge < -0.3 is 14.8 Å². The van der Waals surface area contributed by atoms with Gasteiger partial charge in [-0.05, 0) is 29.8 Å². The molecule has 0 aromatic heterocycles. The van der Waals surface area contributed by atoms with Crippen molar-refractivity contribution in [2.24, 2.45) is 0 Å². The lowest BCUT2D eigenvalue weighted by Gasteiger charge is -2.10. The molecule has 0 fully saturated rings. The highest BCUT2D eigenvalue weighted by Gasteiger charge is 2.14. The summed E-state index contributed by atoms with van der Waals surface area (Å²) in [7, 11) is 2.92. The Morgan fingerprint density at radius 3 is 2.32 bits per heavy atom. The van der Waals surface area contributed by atoms with Crippen molar-refractivity contribution < 1.29 is 19.1 Å². The first-order chi connectivity index (χ1) is 10.7. The molecule has 0 spiro atoms. The van der Waals surface area contributed by atoms with E-state index in [1.165, 1.54) is 7.11 Å². The summed E-state index contributed by atoms with van der Waals surface area (Å²) in [6.07, 6.45) is 0. The smallest absolute Gasteiger partial charge is 0.339 e. The van der Waals surface area contributed by atoms with E-state index in [9.17, 15) is 9.59 Å². The number of benzene rings is 2. The lowest BCUT2D eigenvalue weighted by Crippen LogP contribution is -2.15. The van der Waals surface area contributed by atoms with E-state index in [-0.39, 0.29) is 5.91 Å². The molecule has 2 rings (SSSR count). The van der Waals surface area contributed by atoms with Crippen molar-refractivity contribution in [2.75, 3.05) is 19.5 Å². The number of carbonyl (C=O) groups is 2. The quantitative estimate of drug-likeness (QED) is 0.862. The summed E-state index contributed by atoms with van der Waals surface area (Å²) in [6, 6.07) is 13.8. The minimum absolute atomic E-state index is 0.291. The monoisotopic (exact) mass is 299 g/mol. The number of rotatable bonds is 5. The topological polar surface area (TPSA) is 64.6 Å². The van der Waals surface area contributed by atoms with Gasteiger partial charge in [-0.25, -0.2) is 4.79 Å². The average Bonchev–Trinajstić information content (AvgIpc) is 2.55. The number of methoxy groups -OCH3 is 2. The van der Waals surface area contributed by atoms with E-state index < -0.39 is 5.97 Å². The molecular formula is C17H17NO4. The second kappa shape index (κ2) is 7.38. The van der Waals surface area contributed by atoms with Crippen LogP contribution in [0.2, 0.25) is 0 Å². The summed E-state index contributed by atoms with van der Waals surface area (Å²) >= 11 is 0. The first-order valence-electron chi connectivity index (χ1n) is 6.72. The van der Waals surface area contributed by atoms with Crippen LogP contribution in [0.5, 0.6) is 0 Å². The fourth-order valence-corrected chi connectivity index (χ4v) is 1.99. The van der Waals surface area contributed by atoms with Crippen LogP contribution in [0.25, 0.3) is 0 Å². The Labute approximate surface area is 128 Å². The second-order valence-corrected chi connectivity index (χ2v) is 4.62. The maximum absolute atomic E-state index is 12.3. The Morgan fingerprint density at radius 1 is 1.00 bits per heavy atom. The van der Waals surface area contributed by atoms with Crippen LogP contribution in [0.3, 0.4) is 0 Å². The second-order valence-electron chi connectivity index (χ2n) is 4.62. The number of anilines is 1. The zero-order chi connectivity index (χ0) is 15.9. The standard InChI is InChI=1S/C17H17NO4/c1-21-11-12-7-9-13(10-8-12)16(19)18-15-6-4-3-5-14(15)17(20)22-2/h3-10H,11H2,1-2H3,(H,18,19). The molecule has 1 N–H and O–H groups in total. The van der Waals surface area contributed by atoms with Gasteiger partial charge in [0.2, 0.25) is 0 Å². The molecule has 1 amide bonds. The number of hydrogen-bond donors (Lipinski definition) is 1. The van der Waals surface area contributed by atoms with Crippen LogP contribution in [-0.4, -0.2) is 26.1 Å². The normalized spacial score (nSPS) is 10.1. The molecule has 0 heterocycles. The maximum atomic E-state index is 12.3. The number of nitrogens with one attached hydrogen (secondary N) is 1. The van der Waals surface area contributed by atoms with Gasteiger partial charge in [-0.1, -0.05) is 24.3 Å². The van der Waals surface area contributed by atoms with Crippen molar-refractivity contribution in [1.82, 2.24) is 0 Å². The molecular weight excluding hydrogens is 282 g/mol. The summed E-state index contributed by atoms with van der Waals surface area (Å²) in [4.78, 5) is 23.9. The highest BCUT2D eigenvalue weighted by Crippen LogP contribution is 2.17. The maximum Gasteiger partial charge on any atom is 0.339 e. The summed E-state index contributed by atoms with van der Waals surface area (Å²) in [5.74, 6) is -0.785. The molecule has 0 aliphatic heterocycles. The van der Waals surface area contributed by atoms with Crippen molar-refractivity contribution in [2.45, 2.75) is 6.61 Å². The van der Waals surface area contributed by atoms with Crippen molar-refractivity contribution in [3.05, 3.63) is 65.2 Å². The SMILES string of the molecule is COCc1ccc(C(=O)Nc2ccccc2C(=O)OC)cc1. The lowest BCUT2D eigenvalue weighted by atomic mass is 10.1. The van der Waals surface area contributed by atoms with Crippen LogP contribution in [-0.2, 0) is 16.1 Å². The highest BCUT2D eigenvalue weighted by molar-refractivity contribution is 6.07. The summed E-state index contributed by atoms with van der Waals surface area (Å²) in [6.45, 7) is 0.493. The molecule has 5 heteroatoms. The largest absolute Gasteiger partial charge is 0.465 e. The van der Waals surface area contributed by atoms with E-state index in [0.717, 1.165) is 5.56 Å². The molecule has 22 heavy (non-hydrogen) atoms. The van der Waals surface area contributed by atoms with Crippen molar-refractivity contribution in [1.29, 1.82) is 0 Å². The van der Waals surface area contributed by atoms with E-state index in [4.69, 9.17) is 9.47 Å². The first kappa shape index (κ1) is 15.7. The van der Waals surface area contributed by atoms with E-state index in [1.807, 2.05) is 12.1 Å². The van der Waals surface area contributed by atoms with Gasteiger partial charge in [-0.2, -0.15) is 0 Å². The lowest BCUT2D eigenvalue weighted by molar-refractivity contribution is 0.0602. The van der Waals surface area contributed by atoms with Gasteiger partial charge in [0.05, 0.1) is 25.0 Å². The van der Waals surface area contributed by atoms with Crippen molar-refractivity contribution in [3.63, 3.8) is 0 Å². The number of para-hydroxylation sites is 1. The van der Waals surface area contributed by atoms with E-state index in [1.54, 1.807) is 43.5 Å². The van der Waals surface area contributed by atoms with Crippen LogP contribution in [0.4, 0.5) is 5.69 Å². The average molecular weight is 299 g/mol. The zero-order valence-corrected chi connectivity index (χ0v) is 12.5. The van der Waals surface area contributed by atoms with E-state index in [0.29, 0.717) is 23.4 Å². The Bertz CT molecular complexity index is 665. The van der Waals surface area contributed by atoms with Crippen molar-refractivity contribution in [3.8, 4) is 0 Å². The Hall–Kier alpha value is -2.66. The molecule has 0 radical (unpaired) electrons. The molecule has 0 aliphatic rings. The summed E-state index contributed by atoms with van der Waals surface area (Å²) in [5, 5.41) is 2.72. The molecule has 0 saturated carbocycles. The highest BCUT2D eigenvalue weighted by atomic mass is 16.5. The van der Waals surface area contributed by atoms with Gasteiger partial charge in [0.1, 0.15) is 0 Å². The van der Waals surface area contributed by atoms with Crippen LogP contribution in [0.15, 0.2) is 48.5 Å². The minimum Gasteiger partial charge on any atom is -0.465 e. The van der Waals surface area contributed by atoms with Crippen LogP contribution in [0, 0.1) is 0 Å². The first-order valence-corrected chi connectivity index (χ1v) is 6.72. The third kappa shape index (κ3) is 3.71. The number of amides is 1. The summed E-state index contributed by atoms with van der Waals surface area (Å²) in [5.41, 5.74) is 2.21. The number of ether oxygens (including phenoxy) is 2. The third-order valence-corrected chi connectivity index (χ3v) is 3.11. The Kier molecular flexibility index (Phi) is 5.27. The van der Waals surface area contributed by atoms with E-state index >= 15 is 0 Å². The molecule has 0 aliphatic carbocycles. The minimum atomic E-state index is -0.494. The Balaban J connectivity index is 2.17. The van der Waals surface area contributed by atoms with Gasteiger partial charge >= 0.3 is 5.97 Å². The number of carbonyl (C=O) groups excluding carboxylic acids is 2. The third-order valence-electron chi connectivity index (χ3n) is 3.11.